The lowest BCUT2D eigenvalue weighted by molar-refractivity contribution is 0.0601. The molecule has 0 unspecified atom stereocenters. The molecular formula is C18H13ClFNO3. The molecule has 1 aromatic heterocycles. The highest BCUT2D eigenvalue weighted by atomic mass is 35.5. The number of halogens is 2. The Hall–Kier alpha value is -2.66. The van der Waals surface area contributed by atoms with Crippen molar-refractivity contribution in [2.75, 3.05) is 14.2 Å². The Morgan fingerprint density at radius 3 is 2.67 bits per heavy atom. The van der Waals surface area contributed by atoms with Crippen LogP contribution in [0.2, 0.25) is 5.02 Å². The van der Waals surface area contributed by atoms with Gasteiger partial charge in [0.2, 0.25) is 0 Å². The Morgan fingerprint density at radius 2 is 1.96 bits per heavy atom. The number of fused-ring (bicyclic) bond motifs is 1. The maximum absolute atomic E-state index is 14.4. The smallest absolute Gasteiger partial charge is 0.337 e. The van der Waals surface area contributed by atoms with Gasteiger partial charge in [-0.05, 0) is 24.3 Å². The summed E-state index contributed by atoms with van der Waals surface area (Å²) < 4.78 is 24.4. The fourth-order valence-electron chi connectivity index (χ4n) is 2.56. The molecular weight excluding hydrogens is 333 g/mol. The lowest BCUT2D eigenvalue weighted by Crippen LogP contribution is -2.01. The first-order valence-electron chi connectivity index (χ1n) is 7.06. The van der Waals surface area contributed by atoms with Crippen molar-refractivity contribution in [1.29, 1.82) is 0 Å². The number of pyridine rings is 1. The standard InChI is InChI=1S/C18H13ClFNO3/c1-23-15-5-3-4-14(20)16(15)17-12-8-10(18(22)24-2)6-7-11(12)13(19)9-21-17/h3-9H,1-2H3. The van der Waals surface area contributed by atoms with Crippen LogP contribution in [0.15, 0.2) is 42.6 Å². The number of rotatable bonds is 3. The number of esters is 1. The van der Waals surface area contributed by atoms with Crippen LogP contribution in [0.4, 0.5) is 4.39 Å². The number of carbonyl (C=O) groups excluding carboxylic acids is 1. The van der Waals surface area contributed by atoms with E-state index in [0.717, 1.165) is 0 Å². The predicted octanol–water partition coefficient (Wildman–Crippen LogP) is 4.49. The monoisotopic (exact) mass is 345 g/mol. The summed E-state index contributed by atoms with van der Waals surface area (Å²) in [6.07, 6.45) is 1.45. The number of ether oxygens (including phenoxy) is 2. The fraction of sp³-hybridized carbons (Fsp3) is 0.111. The molecule has 1 heterocycles. The second-order valence-electron chi connectivity index (χ2n) is 5.02. The van der Waals surface area contributed by atoms with E-state index in [0.29, 0.717) is 32.8 Å². The highest BCUT2D eigenvalue weighted by molar-refractivity contribution is 6.35. The molecule has 3 rings (SSSR count). The zero-order valence-electron chi connectivity index (χ0n) is 13.0. The molecule has 0 N–H and O–H groups in total. The van der Waals surface area contributed by atoms with E-state index in [-0.39, 0.29) is 5.56 Å². The lowest BCUT2D eigenvalue weighted by Gasteiger charge is -2.13. The Morgan fingerprint density at radius 1 is 1.17 bits per heavy atom. The molecule has 24 heavy (non-hydrogen) atoms. The van der Waals surface area contributed by atoms with E-state index in [1.807, 2.05) is 0 Å². The number of carbonyl (C=O) groups is 1. The zero-order chi connectivity index (χ0) is 17.3. The number of aromatic nitrogens is 1. The molecule has 6 heteroatoms. The van der Waals surface area contributed by atoms with Gasteiger partial charge in [-0.3, -0.25) is 4.98 Å². The summed E-state index contributed by atoms with van der Waals surface area (Å²) in [5, 5.41) is 1.59. The van der Waals surface area contributed by atoms with E-state index in [2.05, 4.69) is 4.98 Å². The van der Waals surface area contributed by atoms with Gasteiger partial charge >= 0.3 is 5.97 Å². The lowest BCUT2D eigenvalue weighted by atomic mass is 10.0. The van der Waals surface area contributed by atoms with Crippen molar-refractivity contribution >= 4 is 28.3 Å². The van der Waals surface area contributed by atoms with E-state index in [1.54, 1.807) is 30.3 Å². The molecule has 0 saturated heterocycles. The van der Waals surface area contributed by atoms with E-state index >= 15 is 0 Å². The topological polar surface area (TPSA) is 48.4 Å². The largest absolute Gasteiger partial charge is 0.496 e. The Kier molecular flexibility index (Phi) is 4.36. The van der Waals surface area contributed by atoms with Crippen LogP contribution in [0, 0.1) is 5.82 Å². The van der Waals surface area contributed by atoms with E-state index in [9.17, 15) is 9.18 Å². The van der Waals surface area contributed by atoms with Crippen LogP contribution in [-0.2, 0) is 4.74 Å². The van der Waals surface area contributed by atoms with Gasteiger partial charge in [-0.15, -0.1) is 0 Å². The van der Waals surface area contributed by atoms with Crippen LogP contribution in [0.3, 0.4) is 0 Å². The molecule has 0 radical (unpaired) electrons. The Labute approximate surface area is 142 Å². The van der Waals surface area contributed by atoms with Crippen LogP contribution < -0.4 is 4.74 Å². The molecule has 2 aromatic carbocycles. The molecule has 0 atom stereocenters. The second kappa shape index (κ2) is 6.45. The molecule has 0 amide bonds. The van der Waals surface area contributed by atoms with Crippen molar-refractivity contribution in [3.8, 4) is 17.0 Å². The minimum Gasteiger partial charge on any atom is -0.496 e. The molecule has 0 aliphatic carbocycles. The predicted molar refractivity (Wildman–Crippen MR) is 90.0 cm³/mol. The molecule has 4 nitrogen and oxygen atoms in total. The van der Waals surface area contributed by atoms with Gasteiger partial charge in [0.05, 0.1) is 36.1 Å². The van der Waals surface area contributed by atoms with E-state index in [4.69, 9.17) is 21.1 Å². The van der Waals surface area contributed by atoms with Crippen molar-refractivity contribution in [3.63, 3.8) is 0 Å². The van der Waals surface area contributed by atoms with Crippen molar-refractivity contribution in [2.45, 2.75) is 0 Å². The van der Waals surface area contributed by atoms with Crippen LogP contribution in [0.5, 0.6) is 5.75 Å². The van der Waals surface area contributed by atoms with Crippen molar-refractivity contribution in [2.24, 2.45) is 0 Å². The summed E-state index contributed by atoms with van der Waals surface area (Å²) in [6.45, 7) is 0. The Balaban J connectivity index is 2.37. The SMILES string of the molecule is COC(=O)c1ccc2c(Cl)cnc(-c3c(F)cccc3OC)c2c1. The highest BCUT2D eigenvalue weighted by Crippen LogP contribution is 2.37. The van der Waals surface area contributed by atoms with Gasteiger partial charge in [0.25, 0.3) is 0 Å². The number of hydrogen-bond acceptors (Lipinski definition) is 4. The first-order chi connectivity index (χ1) is 11.6. The van der Waals surface area contributed by atoms with Crippen molar-refractivity contribution < 1.29 is 18.7 Å². The summed E-state index contributed by atoms with van der Waals surface area (Å²) in [7, 11) is 2.75. The van der Waals surface area contributed by atoms with Crippen LogP contribution in [-0.4, -0.2) is 25.2 Å². The maximum atomic E-state index is 14.4. The average Bonchev–Trinajstić information content (AvgIpc) is 2.61. The van der Waals surface area contributed by atoms with Gasteiger partial charge < -0.3 is 9.47 Å². The van der Waals surface area contributed by atoms with Crippen LogP contribution >= 0.6 is 11.6 Å². The molecule has 0 aliphatic heterocycles. The fourth-order valence-corrected chi connectivity index (χ4v) is 2.77. The summed E-state index contributed by atoms with van der Waals surface area (Å²) in [5.41, 5.74) is 0.879. The van der Waals surface area contributed by atoms with Gasteiger partial charge in [-0.2, -0.15) is 0 Å². The van der Waals surface area contributed by atoms with E-state index < -0.39 is 11.8 Å². The van der Waals surface area contributed by atoms with Gasteiger partial charge in [0, 0.05) is 17.0 Å². The van der Waals surface area contributed by atoms with E-state index in [1.165, 1.54) is 26.5 Å². The van der Waals surface area contributed by atoms with Crippen molar-refractivity contribution in [3.05, 3.63) is 59.0 Å². The normalized spacial score (nSPS) is 10.7. The molecule has 0 bridgehead atoms. The molecule has 0 saturated carbocycles. The van der Waals surface area contributed by atoms with Crippen LogP contribution in [0.25, 0.3) is 22.0 Å². The molecule has 3 aromatic rings. The maximum Gasteiger partial charge on any atom is 0.337 e. The van der Waals surface area contributed by atoms with Gasteiger partial charge in [-0.25, -0.2) is 9.18 Å². The average molecular weight is 346 g/mol. The molecule has 0 aliphatic rings. The number of benzene rings is 2. The summed E-state index contributed by atoms with van der Waals surface area (Å²) in [4.78, 5) is 16.1. The number of methoxy groups -OCH3 is 2. The first-order valence-corrected chi connectivity index (χ1v) is 7.44. The molecule has 122 valence electrons. The summed E-state index contributed by atoms with van der Waals surface area (Å²) in [6, 6.07) is 9.39. The summed E-state index contributed by atoms with van der Waals surface area (Å²) >= 11 is 6.19. The number of hydrogen-bond donors (Lipinski definition) is 0. The minimum atomic E-state index is -0.497. The van der Waals surface area contributed by atoms with Gasteiger partial charge in [0.1, 0.15) is 11.6 Å². The Bertz CT molecular complexity index is 943. The third kappa shape index (κ3) is 2.67. The van der Waals surface area contributed by atoms with Crippen LogP contribution in [0.1, 0.15) is 10.4 Å². The third-order valence-corrected chi connectivity index (χ3v) is 3.99. The first kappa shape index (κ1) is 16.2. The third-order valence-electron chi connectivity index (χ3n) is 3.69. The molecule has 0 fully saturated rings. The zero-order valence-corrected chi connectivity index (χ0v) is 13.7. The quantitative estimate of drug-likeness (QED) is 0.656. The van der Waals surface area contributed by atoms with Gasteiger partial charge in [-0.1, -0.05) is 23.7 Å². The van der Waals surface area contributed by atoms with Crippen molar-refractivity contribution in [1.82, 2.24) is 4.98 Å². The minimum absolute atomic E-state index is 0.212. The second-order valence-corrected chi connectivity index (χ2v) is 5.43. The summed E-state index contributed by atoms with van der Waals surface area (Å²) in [5.74, 6) is -0.633. The van der Waals surface area contributed by atoms with Gasteiger partial charge in [0.15, 0.2) is 0 Å². The molecule has 0 spiro atoms. The highest BCUT2D eigenvalue weighted by Gasteiger charge is 2.18. The number of nitrogens with zero attached hydrogens (tertiary/aromatic N) is 1.